The number of halogens is 2. The molecule has 0 fully saturated rings. The minimum atomic E-state index is -1.57. The quantitative estimate of drug-likeness (QED) is 0.458. The van der Waals surface area contributed by atoms with Gasteiger partial charge in [-0.05, 0) is 18.8 Å². The summed E-state index contributed by atoms with van der Waals surface area (Å²) in [6.07, 6.45) is 10.1. The van der Waals surface area contributed by atoms with Gasteiger partial charge in [-0.3, -0.25) is 6.08 Å². The zero-order valence-electron chi connectivity index (χ0n) is 16.3. The Hall–Kier alpha value is 0.911. The molecule has 134 valence electrons. The Morgan fingerprint density at radius 1 is 1.17 bits per heavy atom. The molecule has 0 aliphatic heterocycles. The van der Waals surface area contributed by atoms with Gasteiger partial charge < -0.3 is 35.1 Å². The standard InChI is InChI=1S/C15H28NSi.C2H6N.2ClH.Ti/c1-8-15(5,14(2,3)4)16-17(6,7)13-11-9-10-12-13;1-3-2;;;/h9,11,16H,8,10H2,1-7H3;1-2H3;2*1H;/q2*-1;;;+4/p-2. The number of nitrogens with one attached hydrogen (secondary N) is 1. The van der Waals surface area contributed by atoms with E-state index in [1.54, 1.807) is 14.1 Å². The van der Waals surface area contributed by atoms with Crippen molar-refractivity contribution in [1.82, 2.24) is 4.98 Å². The van der Waals surface area contributed by atoms with Crippen LogP contribution in [0.4, 0.5) is 0 Å². The van der Waals surface area contributed by atoms with E-state index in [1.807, 2.05) is 0 Å². The van der Waals surface area contributed by atoms with Crippen LogP contribution in [0.15, 0.2) is 17.3 Å². The molecule has 0 aromatic carbocycles. The fraction of sp³-hybridized carbons (Fsp3) is 0.765. The number of hydrogen-bond donors (Lipinski definition) is 1. The smallest absolute Gasteiger partial charge is 1.00 e. The Morgan fingerprint density at radius 2 is 1.61 bits per heavy atom. The fourth-order valence-electron chi connectivity index (χ4n) is 2.40. The summed E-state index contributed by atoms with van der Waals surface area (Å²) in [5.74, 6) is 0. The predicted molar refractivity (Wildman–Crippen MR) is 94.5 cm³/mol. The average Bonchev–Trinajstić information content (AvgIpc) is 2.82. The van der Waals surface area contributed by atoms with Crippen LogP contribution >= 0.6 is 0 Å². The summed E-state index contributed by atoms with van der Waals surface area (Å²) < 4.78 is 0. The van der Waals surface area contributed by atoms with Crippen molar-refractivity contribution in [1.29, 1.82) is 0 Å². The Kier molecular flexibility index (Phi) is 18.1. The van der Waals surface area contributed by atoms with Gasteiger partial charge in [0.2, 0.25) is 0 Å². The van der Waals surface area contributed by atoms with Crippen LogP contribution in [-0.4, -0.2) is 27.9 Å². The third kappa shape index (κ3) is 9.84. The number of nitrogens with zero attached hydrogens (tertiary/aromatic N) is 1. The third-order valence-corrected chi connectivity index (χ3v) is 7.19. The van der Waals surface area contributed by atoms with E-state index in [0.29, 0.717) is 0 Å². The normalized spacial score (nSPS) is 15.8. The van der Waals surface area contributed by atoms with Gasteiger partial charge in [-0.2, -0.15) is 20.2 Å². The van der Waals surface area contributed by atoms with E-state index in [2.05, 4.69) is 76.2 Å². The Labute approximate surface area is 173 Å². The van der Waals surface area contributed by atoms with Crippen molar-refractivity contribution in [3.05, 3.63) is 28.7 Å². The van der Waals surface area contributed by atoms with Gasteiger partial charge in [0.15, 0.2) is 0 Å². The van der Waals surface area contributed by atoms with Crippen molar-refractivity contribution in [3.63, 3.8) is 0 Å². The summed E-state index contributed by atoms with van der Waals surface area (Å²) in [7, 11) is 1.93. The Balaban J connectivity index is -0.000000279. The van der Waals surface area contributed by atoms with Crippen LogP contribution in [0.25, 0.3) is 5.32 Å². The molecule has 0 amide bonds. The van der Waals surface area contributed by atoms with Gasteiger partial charge in [-0.25, -0.2) is 11.3 Å². The van der Waals surface area contributed by atoms with E-state index >= 15 is 0 Å². The maximum atomic E-state index is 3.99. The SMILES string of the molecule is CCC(C)(N[Si](C)(C)C1=[C-]CC=C1)C(C)(C)C.C[N-]C.[Cl-].[Cl-].[Ti+4]. The molecule has 0 heterocycles. The summed E-state index contributed by atoms with van der Waals surface area (Å²) in [5, 5.41) is 4.93. The molecule has 0 saturated heterocycles. The van der Waals surface area contributed by atoms with Gasteiger partial charge in [-0.15, -0.1) is 6.42 Å². The molecular formula is C17H34Cl2N2SiTi. The van der Waals surface area contributed by atoms with Gasteiger partial charge >= 0.3 is 21.7 Å². The summed E-state index contributed by atoms with van der Waals surface area (Å²) in [6.45, 7) is 16.4. The van der Waals surface area contributed by atoms with Crippen LogP contribution in [0, 0.1) is 11.5 Å². The van der Waals surface area contributed by atoms with Gasteiger partial charge in [0.1, 0.15) is 8.24 Å². The molecule has 0 bridgehead atoms. The second-order valence-electron chi connectivity index (χ2n) is 7.33. The van der Waals surface area contributed by atoms with E-state index in [-0.39, 0.29) is 57.5 Å². The van der Waals surface area contributed by atoms with Gasteiger partial charge in [0.25, 0.3) is 0 Å². The summed E-state index contributed by atoms with van der Waals surface area (Å²) in [5.41, 5.74) is 0.461. The summed E-state index contributed by atoms with van der Waals surface area (Å²) in [4.78, 5) is 3.99. The molecule has 0 saturated carbocycles. The van der Waals surface area contributed by atoms with Crippen LogP contribution in [0.2, 0.25) is 13.1 Å². The molecule has 1 aliphatic rings. The van der Waals surface area contributed by atoms with Crippen LogP contribution in [0.5, 0.6) is 0 Å². The second-order valence-corrected chi connectivity index (χ2v) is 11.4. The molecule has 0 aromatic heterocycles. The molecule has 0 spiro atoms. The van der Waals surface area contributed by atoms with Crippen LogP contribution < -0.4 is 29.8 Å². The molecule has 2 nitrogen and oxygen atoms in total. The topological polar surface area (TPSA) is 26.1 Å². The van der Waals surface area contributed by atoms with E-state index in [1.165, 1.54) is 5.20 Å². The van der Waals surface area contributed by atoms with Gasteiger partial charge in [0, 0.05) is 5.54 Å². The number of allylic oxidation sites excluding steroid dienone is 4. The number of hydrogen-bond acceptors (Lipinski definition) is 1. The minimum absolute atomic E-state index is 0. The monoisotopic (exact) mass is 412 g/mol. The van der Waals surface area contributed by atoms with Crippen LogP contribution in [0.3, 0.4) is 0 Å². The van der Waals surface area contributed by atoms with Crippen molar-refractivity contribution in [2.75, 3.05) is 14.1 Å². The Bertz CT molecular complexity index is 366. The molecule has 1 atom stereocenters. The largest absolute Gasteiger partial charge is 4.00 e. The molecule has 1 unspecified atom stereocenters. The average molecular weight is 413 g/mol. The van der Waals surface area contributed by atoms with Gasteiger partial charge in [0.05, 0.1) is 0 Å². The van der Waals surface area contributed by atoms with Crippen molar-refractivity contribution in [3.8, 4) is 0 Å². The van der Waals surface area contributed by atoms with Crippen molar-refractivity contribution in [2.24, 2.45) is 5.41 Å². The Morgan fingerprint density at radius 3 is 1.87 bits per heavy atom. The maximum Gasteiger partial charge on any atom is 4.00 e. The molecule has 6 heteroatoms. The molecular weight excluding hydrogens is 379 g/mol. The second kappa shape index (κ2) is 13.2. The molecule has 0 aromatic rings. The van der Waals surface area contributed by atoms with E-state index in [0.717, 1.165) is 12.8 Å². The molecule has 23 heavy (non-hydrogen) atoms. The molecule has 1 aliphatic carbocycles. The molecule has 1 rings (SSSR count). The van der Waals surface area contributed by atoms with E-state index < -0.39 is 8.24 Å². The van der Waals surface area contributed by atoms with Crippen LogP contribution in [0.1, 0.15) is 47.5 Å². The number of rotatable bonds is 4. The van der Waals surface area contributed by atoms with E-state index in [9.17, 15) is 0 Å². The van der Waals surface area contributed by atoms with Crippen molar-refractivity contribution in [2.45, 2.75) is 66.1 Å². The first-order valence-corrected chi connectivity index (χ1v) is 10.6. The minimum Gasteiger partial charge on any atom is -1.00 e. The fourth-order valence-corrected chi connectivity index (χ4v) is 5.54. The molecule has 1 N–H and O–H groups in total. The van der Waals surface area contributed by atoms with Crippen molar-refractivity contribution >= 4 is 8.24 Å². The van der Waals surface area contributed by atoms with E-state index in [4.69, 9.17) is 0 Å². The predicted octanol–water partition coefficient (Wildman–Crippen LogP) is -1.15. The van der Waals surface area contributed by atoms with Crippen molar-refractivity contribution < 1.29 is 46.5 Å². The van der Waals surface area contributed by atoms with Crippen LogP contribution in [-0.2, 0) is 21.7 Å². The zero-order chi connectivity index (χ0) is 16.0. The first kappa shape index (κ1) is 31.7. The summed E-state index contributed by atoms with van der Waals surface area (Å²) in [6, 6.07) is 0. The summed E-state index contributed by atoms with van der Waals surface area (Å²) >= 11 is 0. The van der Waals surface area contributed by atoms with Gasteiger partial charge in [-0.1, -0.05) is 40.8 Å². The first-order valence-electron chi connectivity index (χ1n) is 7.59. The first-order chi connectivity index (χ1) is 9.04. The third-order valence-electron chi connectivity index (χ3n) is 4.32. The molecule has 0 radical (unpaired) electrons. The zero-order valence-corrected chi connectivity index (χ0v) is 20.3. The maximum absolute atomic E-state index is 3.99.